The third-order valence-corrected chi connectivity index (χ3v) is 4.31. The Morgan fingerprint density at radius 3 is 2.67 bits per heavy atom. The lowest BCUT2D eigenvalue weighted by molar-refractivity contribution is 0.323. The summed E-state index contributed by atoms with van der Waals surface area (Å²) in [6.07, 6.45) is 1.27. The van der Waals surface area contributed by atoms with Crippen molar-refractivity contribution in [2.24, 2.45) is 17.6 Å². The fourth-order valence-electron chi connectivity index (χ4n) is 2.85. The van der Waals surface area contributed by atoms with Gasteiger partial charge in [0.1, 0.15) is 0 Å². The molecule has 1 saturated heterocycles. The zero-order valence-electron chi connectivity index (χ0n) is 12.0. The molecule has 1 aliphatic heterocycles. The van der Waals surface area contributed by atoms with Crippen LogP contribution in [-0.2, 0) is 6.54 Å². The molecule has 100 valence electrons. The Morgan fingerprint density at radius 2 is 2.06 bits per heavy atom. The molecule has 0 spiro atoms. The summed E-state index contributed by atoms with van der Waals surface area (Å²) in [4.78, 5) is 7.02. The molecule has 2 rings (SSSR count). The number of hydrogen-bond donors (Lipinski definition) is 1. The maximum absolute atomic E-state index is 5.90. The molecule has 2 heterocycles. The van der Waals surface area contributed by atoms with E-state index in [4.69, 9.17) is 5.73 Å². The van der Waals surface area contributed by atoms with Crippen molar-refractivity contribution in [1.29, 1.82) is 0 Å². The monoisotopic (exact) mass is 247 g/mol. The van der Waals surface area contributed by atoms with Gasteiger partial charge in [0.2, 0.25) is 0 Å². The second-order valence-electron chi connectivity index (χ2n) is 5.74. The summed E-state index contributed by atoms with van der Waals surface area (Å²) in [5, 5.41) is 0. The first-order valence-electron chi connectivity index (χ1n) is 6.95. The Bertz CT molecular complexity index is 428. The molecular weight excluding hydrogens is 222 g/mol. The van der Waals surface area contributed by atoms with Crippen LogP contribution in [0.5, 0.6) is 0 Å². The number of anilines is 1. The van der Waals surface area contributed by atoms with Gasteiger partial charge in [0.15, 0.2) is 0 Å². The van der Waals surface area contributed by atoms with E-state index in [9.17, 15) is 0 Å². The molecule has 3 nitrogen and oxygen atoms in total. The fraction of sp³-hybridized carbons (Fsp3) is 0.667. The van der Waals surface area contributed by atoms with E-state index in [2.05, 4.69) is 43.6 Å². The molecule has 1 fully saturated rings. The molecule has 1 aromatic heterocycles. The molecule has 2 atom stereocenters. The van der Waals surface area contributed by atoms with E-state index in [1.54, 1.807) is 0 Å². The molecule has 0 amide bonds. The average Bonchev–Trinajstić information content (AvgIpc) is 2.32. The Balaban J connectivity index is 2.33. The molecule has 3 heteroatoms. The van der Waals surface area contributed by atoms with Crippen LogP contribution in [-0.4, -0.2) is 18.1 Å². The first-order valence-corrected chi connectivity index (χ1v) is 6.95. The van der Waals surface area contributed by atoms with Crippen molar-refractivity contribution >= 4 is 5.69 Å². The van der Waals surface area contributed by atoms with Gasteiger partial charge in [-0.3, -0.25) is 4.98 Å². The zero-order valence-corrected chi connectivity index (χ0v) is 12.0. The van der Waals surface area contributed by atoms with Gasteiger partial charge in [-0.05, 0) is 38.2 Å². The lowest BCUT2D eigenvalue weighted by atomic mass is 9.88. The highest BCUT2D eigenvalue weighted by molar-refractivity contribution is 5.56. The van der Waals surface area contributed by atoms with Crippen LogP contribution in [0.2, 0.25) is 0 Å². The van der Waals surface area contributed by atoms with Crippen molar-refractivity contribution in [2.45, 2.75) is 40.7 Å². The quantitative estimate of drug-likeness (QED) is 0.873. The van der Waals surface area contributed by atoms with Crippen LogP contribution in [0.25, 0.3) is 0 Å². The second-order valence-corrected chi connectivity index (χ2v) is 5.74. The summed E-state index contributed by atoms with van der Waals surface area (Å²) in [7, 11) is 0. The molecule has 2 unspecified atom stereocenters. The Hall–Kier alpha value is -1.09. The highest BCUT2D eigenvalue weighted by atomic mass is 15.1. The van der Waals surface area contributed by atoms with Crippen LogP contribution in [0.1, 0.15) is 37.2 Å². The van der Waals surface area contributed by atoms with E-state index in [1.165, 1.54) is 17.7 Å². The molecule has 0 aromatic carbocycles. The number of nitrogens with two attached hydrogens (primary N) is 1. The average molecular weight is 247 g/mol. The van der Waals surface area contributed by atoms with Crippen molar-refractivity contribution in [3.8, 4) is 0 Å². The van der Waals surface area contributed by atoms with Gasteiger partial charge >= 0.3 is 0 Å². The van der Waals surface area contributed by atoms with Crippen molar-refractivity contribution in [1.82, 2.24) is 4.98 Å². The summed E-state index contributed by atoms with van der Waals surface area (Å²) in [6, 6.07) is 2.19. The van der Waals surface area contributed by atoms with E-state index in [1.807, 2.05) is 0 Å². The normalized spacial score (nSPS) is 24.4. The summed E-state index contributed by atoms with van der Waals surface area (Å²) in [5.41, 5.74) is 10.6. The summed E-state index contributed by atoms with van der Waals surface area (Å²) in [6.45, 7) is 11.7. The number of pyridine rings is 1. The van der Waals surface area contributed by atoms with E-state index in [-0.39, 0.29) is 0 Å². The lowest BCUT2D eigenvalue weighted by Crippen LogP contribution is -2.39. The highest BCUT2D eigenvalue weighted by Gasteiger charge is 2.24. The zero-order chi connectivity index (χ0) is 13.3. The number of rotatable bonds is 2. The minimum Gasteiger partial charge on any atom is -0.371 e. The Labute approximate surface area is 110 Å². The molecule has 0 bridgehead atoms. The Morgan fingerprint density at radius 1 is 1.33 bits per heavy atom. The number of hydrogen-bond acceptors (Lipinski definition) is 3. The molecular formula is C15H25N3. The van der Waals surface area contributed by atoms with Gasteiger partial charge in [0, 0.05) is 42.3 Å². The maximum atomic E-state index is 5.90. The van der Waals surface area contributed by atoms with E-state index >= 15 is 0 Å². The molecule has 2 N–H and O–H groups in total. The first-order chi connectivity index (χ1) is 8.52. The summed E-state index contributed by atoms with van der Waals surface area (Å²) >= 11 is 0. The van der Waals surface area contributed by atoms with Crippen LogP contribution >= 0.6 is 0 Å². The maximum Gasteiger partial charge on any atom is 0.0448 e. The van der Waals surface area contributed by atoms with Crippen LogP contribution in [0.4, 0.5) is 5.69 Å². The van der Waals surface area contributed by atoms with Crippen LogP contribution < -0.4 is 10.6 Å². The van der Waals surface area contributed by atoms with Gasteiger partial charge in [-0.25, -0.2) is 0 Å². The van der Waals surface area contributed by atoms with E-state index < -0.39 is 0 Å². The van der Waals surface area contributed by atoms with Gasteiger partial charge in [0.05, 0.1) is 0 Å². The summed E-state index contributed by atoms with van der Waals surface area (Å²) < 4.78 is 0. The molecule has 1 aromatic rings. The van der Waals surface area contributed by atoms with Gasteiger partial charge in [-0.2, -0.15) is 0 Å². The van der Waals surface area contributed by atoms with Gasteiger partial charge in [0.25, 0.3) is 0 Å². The molecule has 0 aliphatic carbocycles. The minimum absolute atomic E-state index is 0.578. The smallest absolute Gasteiger partial charge is 0.0448 e. The van der Waals surface area contributed by atoms with Crippen molar-refractivity contribution in [3.05, 3.63) is 23.0 Å². The second kappa shape index (κ2) is 5.27. The predicted molar refractivity (Wildman–Crippen MR) is 76.8 cm³/mol. The first kappa shape index (κ1) is 13.3. The summed E-state index contributed by atoms with van der Waals surface area (Å²) in [5.74, 6) is 1.57. The lowest BCUT2D eigenvalue weighted by Gasteiger charge is -2.38. The minimum atomic E-state index is 0.578. The predicted octanol–water partition coefficient (Wildman–Crippen LogP) is 2.64. The van der Waals surface area contributed by atoms with Crippen molar-refractivity contribution < 1.29 is 0 Å². The van der Waals surface area contributed by atoms with Crippen molar-refractivity contribution in [3.63, 3.8) is 0 Å². The van der Waals surface area contributed by atoms with Crippen LogP contribution in [0.3, 0.4) is 0 Å². The van der Waals surface area contributed by atoms with Gasteiger partial charge in [-0.1, -0.05) is 13.8 Å². The standard InChI is InChI=1S/C15H25N3/c1-10-5-6-18(9-11(10)2)15-7-12(3)17-13(4)14(15)8-16/h7,10-11H,5-6,8-9,16H2,1-4H3. The SMILES string of the molecule is Cc1cc(N2CCC(C)C(C)C2)c(CN)c(C)n1. The number of piperidine rings is 1. The topological polar surface area (TPSA) is 42.1 Å². The molecule has 1 aliphatic rings. The van der Waals surface area contributed by atoms with E-state index in [0.29, 0.717) is 6.54 Å². The van der Waals surface area contributed by atoms with Crippen LogP contribution in [0.15, 0.2) is 6.07 Å². The van der Waals surface area contributed by atoms with Crippen LogP contribution in [0, 0.1) is 25.7 Å². The largest absolute Gasteiger partial charge is 0.371 e. The molecule has 18 heavy (non-hydrogen) atoms. The van der Waals surface area contributed by atoms with E-state index in [0.717, 1.165) is 36.3 Å². The number of aromatic nitrogens is 1. The number of aryl methyl sites for hydroxylation is 2. The third kappa shape index (κ3) is 2.51. The third-order valence-electron chi connectivity index (χ3n) is 4.31. The molecule has 0 saturated carbocycles. The molecule has 0 radical (unpaired) electrons. The van der Waals surface area contributed by atoms with Gasteiger partial charge < -0.3 is 10.6 Å². The van der Waals surface area contributed by atoms with Crippen molar-refractivity contribution in [2.75, 3.05) is 18.0 Å². The Kier molecular flexibility index (Phi) is 3.91. The fourth-order valence-corrected chi connectivity index (χ4v) is 2.85. The number of nitrogens with zero attached hydrogens (tertiary/aromatic N) is 2. The highest BCUT2D eigenvalue weighted by Crippen LogP contribution is 2.30. The van der Waals surface area contributed by atoms with Gasteiger partial charge in [-0.15, -0.1) is 0 Å².